The summed E-state index contributed by atoms with van der Waals surface area (Å²) in [7, 11) is 0. The maximum Gasteiger partial charge on any atom is 0.482 e. The number of rotatable bonds is 1. The van der Waals surface area contributed by atoms with Gasteiger partial charge in [-0.15, -0.1) is 0 Å². The Morgan fingerprint density at radius 1 is 1.69 bits per heavy atom. The molecular formula is C10H9F2NO3. The molecule has 1 amide bonds. The highest BCUT2D eigenvalue weighted by molar-refractivity contribution is 5.98. The molecule has 2 rings (SSSR count). The van der Waals surface area contributed by atoms with Gasteiger partial charge < -0.3 is 15.2 Å². The van der Waals surface area contributed by atoms with E-state index in [9.17, 15) is 18.7 Å². The van der Waals surface area contributed by atoms with E-state index >= 15 is 0 Å². The number of hydrogen-bond acceptors (Lipinski definition) is 3. The topological polar surface area (TPSA) is 58.6 Å². The maximum absolute atomic E-state index is 13.4. The number of nitrogens with one attached hydrogen (secondary N) is 1. The fraction of sp³-hybridized carbons (Fsp3) is 0.300. The van der Waals surface area contributed by atoms with Crippen molar-refractivity contribution >= 4 is 11.6 Å². The molecule has 1 aliphatic rings. The quantitative estimate of drug-likeness (QED) is 0.775. The fourth-order valence-electron chi connectivity index (χ4n) is 1.21. The molecule has 1 aromatic rings. The van der Waals surface area contributed by atoms with E-state index in [0.717, 1.165) is 6.92 Å². The van der Waals surface area contributed by atoms with E-state index in [-0.39, 0.29) is 5.31 Å². The third-order valence-corrected chi connectivity index (χ3v) is 1.95. The highest BCUT2D eigenvalue weighted by Gasteiger charge is 2.47. The average Bonchev–Trinajstić information content (AvgIpc) is 2.32. The van der Waals surface area contributed by atoms with Crippen LogP contribution in [0.4, 0.5) is 14.5 Å². The molecule has 0 spiro atoms. The van der Waals surface area contributed by atoms with Crippen molar-refractivity contribution in [3.63, 3.8) is 0 Å². The predicted octanol–water partition coefficient (Wildman–Crippen LogP) is 1.66. The number of fused-ring (bicyclic) bond motifs is 1. The Hall–Kier alpha value is -1.69. The summed E-state index contributed by atoms with van der Waals surface area (Å²) < 4.78 is 60.9. The van der Waals surface area contributed by atoms with Crippen molar-refractivity contribution in [3.8, 4) is 5.75 Å². The van der Waals surface area contributed by atoms with Gasteiger partial charge in [-0.3, -0.25) is 4.79 Å². The number of amides is 1. The minimum Gasteiger partial charge on any atom is -0.423 e. The van der Waals surface area contributed by atoms with Gasteiger partial charge in [0.1, 0.15) is 0 Å². The van der Waals surface area contributed by atoms with Crippen LogP contribution in [-0.4, -0.2) is 17.1 Å². The van der Waals surface area contributed by atoms with Crippen LogP contribution < -0.4 is 10.0 Å². The van der Waals surface area contributed by atoms with Crippen LogP contribution in [-0.2, 0) is 4.79 Å². The normalized spacial score (nSPS) is 23.5. The van der Waals surface area contributed by atoms with Gasteiger partial charge in [0.15, 0.2) is 7.16 Å². The van der Waals surface area contributed by atoms with Gasteiger partial charge in [-0.2, -0.15) is 8.78 Å². The van der Waals surface area contributed by atoms with Gasteiger partial charge in [0.25, 0.3) is 0 Å². The first kappa shape index (κ1) is 6.80. The van der Waals surface area contributed by atoms with Gasteiger partial charge in [0, 0.05) is 5.56 Å². The molecule has 16 heavy (non-hydrogen) atoms. The molecule has 0 radical (unpaired) electrons. The lowest BCUT2D eigenvalue weighted by Gasteiger charge is -2.27. The lowest BCUT2D eigenvalue weighted by atomic mass is 10.1. The number of halogens is 2. The third-order valence-electron chi connectivity index (χ3n) is 1.95. The average molecular weight is 233 g/mol. The van der Waals surface area contributed by atoms with E-state index < -0.39 is 53.2 Å². The highest BCUT2D eigenvalue weighted by atomic mass is 19.3. The minimum atomic E-state index is -4.33. The first-order valence-electron chi connectivity index (χ1n) is 6.26. The molecule has 1 atom stereocenters. The Labute approximate surface area is 95.5 Å². The van der Waals surface area contributed by atoms with E-state index in [0.29, 0.717) is 0 Å². The second kappa shape index (κ2) is 3.41. The summed E-state index contributed by atoms with van der Waals surface area (Å²) in [5, 5.41) is 9.30. The zero-order valence-corrected chi connectivity index (χ0v) is 8.04. The van der Waals surface area contributed by atoms with Crippen LogP contribution in [0.25, 0.3) is 0 Å². The van der Waals surface area contributed by atoms with Crippen LogP contribution in [0.5, 0.6) is 5.75 Å². The van der Waals surface area contributed by atoms with Crippen molar-refractivity contribution in [2.24, 2.45) is 0 Å². The molecule has 4 nitrogen and oxygen atoms in total. The van der Waals surface area contributed by atoms with Crippen molar-refractivity contribution < 1.29 is 28.9 Å². The second-order valence-corrected chi connectivity index (χ2v) is 3.18. The molecule has 0 fully saturated rings. The molecule has 86 valence electrons. The number of ether oxygens (including phenoxy) is 1. The summed E-state index contributed by atoms with van der Waals surface area (Å²) in [6, 6.07) is -2.13. The van der Waals surface area contributed by atoms with Gasteiger partial charge >= 0.3 is 12.0 Å². The number of aliphatic hydroxyl groups excluding tert-OH is 1. The predicted molar refractivity (Wildman–Crippen MR) is 51.3 cm³/mol. The Bertz CT molecular complexity index is 609. The summed E-state index contributed by atoms with van der Waals surface area (Å²) in [4.78, 5) is 11.2. The second-order valence-electron chi connectivity index (χ2n) is 3.18. The summed E-state index contributed by atoms with van der Waals surface area (Å²) in [6.45, 7) is 1.16. The van der Waals surface area contributed by atoms with Crippen LogP contribution in [0.2, 0.25) is 1.41 Å². The van der Waals surface area contributed by atoms with Crippen LogP contribution in [0, 0.1) is 0 Å². The monoisotopic (exact) mass is 233 g/mol. The molecule has 0 aliphatic carbocycles. The number of alkyl halides is 2. The van der Waals surface area contributed by atoms with Crippen LogP contribution in [0.15, 0.2) is 18.1 Å². The molecule has 1 heterocycles. The zero-order chi connectivity index (χ0) is 15.4. The molecule has 6 heteroatoms. The Morgan fingerprint density at radius 2 is 2.38 bits per heavy atom. The van der Waals surface area contributed by atoms with Crippen molar-refractivity contribution in [3.05, 3.63) is 23.7 Å². The first-order chi connectivity index (χ1) is 9.09. The van der Waals surface area contributed by atoms with Gasteiger partial charge in [-0.25, -0.2) is 0 Å². The first-order valence-corrected chi connectivity index (χ1v) is 4.31. The maximum atomic E-state index is 13.4. The number of carbonyl (C=O) groups excluding carboxylic acids is 1. The molecule has 1 unspecified atom stereocenters. The van der Waals surface area contributed by atoms with Crippen LogP contribution >= 0.6 is 0 Å². The summed E-state index contributed by atoms with van der Waals surface area (Å²) in [5.74, 6) is -2.81. The Balaban J connectivity index is 2.85. The summed E-state index contributed by atoms with van der Waals surface area (Å²) >= 11 is 0. The van der Waals surface area contributed by atoms with Gasteiger partial charge in [-0.05, 0) is 13.0 Å². The molecule has 0 saturated heterocycles. The van der Waals surface area contributed by atoms with Gasteiger partial charge in [-0.1, -0.05) is 12.1 Å². The lowest BCUT2D eigenvalue weighted by molar-refractivity contribution is -0.189. The van der Waals surface area contributed by atoms with Crippen molar-refractivity contribution in [2.45, 2.75) is 19.1 Å². The smallest absolute Gasteiger partial charge is 0.423 e. The standard InChI is InChI=1S/C10H9F2NO3/c1-5(14)6-3-2-4-7-8(6)16-10(11,12)9(15)13-7/h2-5,14H,1H3,(H,13,15)/i2D,3D,4D/hD. The number of benzene rings is 1. The van der Waals surface area contributed by atoms with Crippen molar-refractivity contribution in [2.75, 3.05) is 5.31 Å². The number of anilines is 1. The van der Waals surface area contributed by atoms with E-state index in [1.807, 2.05) is 0 Å². The van der Waals surface area contributed by atoms with E-state index in [2.05, 4.69) is 4.74 Å². The number of aliphatic hydroxyl groups is 1. The fourth-order valence-corrected chi connectivity index (χ4v) is 1.21. The minimum absolute atomic E-state index is 0.246. The van der Waals surface area contributed by atoms with Gasteiger partial charge in [0.2, 0.25) is 0 Å². The number of carbonyl (C=O) groups is 1. The molecular weight excluding hydrogens is 220 g/mol. The third kappa shape index (κ3) is 1.61. The Kier molecular flexibility index (Phi) is 1.45. The summed E-state index contributed by atoms with van der Waals surface area (Å²) in [6.07, 6.45) is -5.78. The lowest BCUT2D eigenvalue weighted by Crippen LogP contribution is -2.43. The SMILES string of the molecule is [2H]c1c([2H])c(C(C)O)c2c(c1[2H])N([2H])C(=O)C(F)(F)O2. The Morgan fingerprint density at radius 3 is 3.00 bits per heavy atom. The molecule has 1 aliphatic heterocycles. The summed E-state index contributed by atoms with van der Waals surface area (Å²) in [5.41, 5.74) is -1.15. The van der Waals surface area contributed by atoms with Crippen molar-refractivity contribution in [1.82, 2.24) is 0 Å². The van der Waals surface area contributed by atoms with Crippen LogP contribution in [0.3, 0.4) is 0 Å². The van der Waals surface area contributed by atoms with Crippen molar-refractivity contribution in [1.29, 1.82) is 0 Å². The van der Waals surface area contributed by atoms with Crippen LogP contribution in [0.1, 0.15) is 22.7 Å². The van der Waals surface area contributed by atoms with E-state index in [4.69, 9.17) is 5.52 Å². The molecule has 0 bridgehead atoms. The number of hydrogen-bond donors (Lipinski definition) is 2. The molecule has 0 aromatic heterocycles. The molecule has 2 N–H and O–H groups in total. The molecule has 1 aromatic carbocycles. The number of para-hydroxylation sites is 1. The van der Waals surface area contributed by atoms with E-state index in [1.165, 1.54) is 0 Å². The van der Waals surface area contributed by atoms with Gasteiger partial charge in [0.05, 0.1) is 15.9 Å². The largest absolute Gasteiger partial charge is 0.482 e. The molecule has 0 saturated carbocycles. The highest BCUT2D eigenvalue weighted by Crippen LogP contribution is 2.40. The zero-order valence-electron chi connectivity index (χ0n) is 12.0. The van der Waals surface area contributed by atoms with E-state index in [1.54, 1.807) is 0 Å².